The van der Waals surface area contributed by atoms with Crippen LogP contribution in [0.5, 0.6) is 0 Å². The van der Waals surface area contributed by atoms with E-state index in [0.29, 0.717) is 17.1 Å². The maximum atomic E-state index is 12.2. The molecule has 0 N–H and O–H groups in total. The zero-order chi connectivity index (χ0) is 15.7. The summed E-state index contributed by atoms with van der Waals surface area (Å²) >= 11 is 0. The van der Waals surface area contributed by atoms with E-state index >= 15 is 0 Å². The van der Waals surface area contributed by atoms with Crippen molar-refractivity contribution in [1.82, 2.24) is 14.3 Å². The minimum Gasteiger partial charge on any atom is -0.465 e. The maximum Gasteiger partial charge on any atom is 0.343 e. The molecule has 0 unspecified atom stereocenters. The highest BCUT2D eigenvalue weighted by atomic mass is 16.5. The van der Waals surface area contributed by atoms with Crippen LogP contribution in [0.1, 0.15) is 21.6 Å². The summed E-state index contributed by atoms with van der Waals surface area (Å²) in [5, 5.41) is 4.53. The lowest BCUT2D eigenvalue weighted by Crippen LogP contribution is -2.10. The summed E-state index contributed by atoms with van der Waals surface area (Å²) in [7, 11) is 1.38. The van der Waals surface area contributed by atoms with Crippen LogP contribution < -0.4 is 0 Å². The number of carbonyl (C=O) groups is 1. The summed E-state index contributed by atoms with van der Waals surface area (Å²) < 4.78 is 8.55. The van der Waals surface area contributed by atoms with Crippen molar-refractivity contribution in [2.24, 2.45) is 0 Å². The van der Waals surface area contributed by atoms with Gasteiger partial charge < -0.3 is 9.30 Å². The van der Waals surface area contributed by atoms with Gasteiger partial charge in [0.2, 0.25) is 0 Å². The molecular weight excluding hydrogens is 278 g/mol. The van der Waals surface area contributed by atoms with Gasteiger partial charge in [-0.15, -0.1) is 0 Å². The van der Waals surface area contributed by atoms with Crippen molar-refractivity contribution in [2.45, 2.75) is 13.8 Å². The van der Waals surface area contributed by atoms with Crippen LogP contribution in [0, 0.1) is 13.8 Å². The average Bonchev–Trinajstić information content (AvgIpc) is 3.14. The maximum absolute atomic E-state index is 12.2. The van der Waals surface area contributed by atoms with Crippen molar-refractivity contribution in [2.75, 3.05) is 7.11 Å². The number of aryl methyl sites for hydroxylation is 2. The SMILES string of the molecule is COC(=O)c1c(C)nn(-c2ccc(C)cc2)c1-n1cccc1. The summed E-state index contributed by atoms with van der Waals surface area (Å²) in [6.45, 7) is 3.84. The van der Waals surface area contributed by atoms with E-state index in [4.69, 9.17) is 4.74 Å². The largest absolute Gasteiger partial charge is 0.465 e. The van der Waals surface area contributed by atoms with Gasteiger partial charge in [0, 0.05) is 12.4 Å². The van der Waals surface area contributed by atoms with Crippen molar-refractivity contribution in [1.29, 1.82) is 0 Å². The molecular formula is C17H17N3O2. The number of benzene rings is 1. The van der Waals surface area contributed by atoms with Crippen LogP contribution in [0.2, 0.25) is 0 Å². The molecule has 2 aromatic heterocycles. The summed E-state index contributed by atoms with van der Waals surface area (Å²) in [5.41, 5.74) is 3.17. The van der Waals surface area contributed by atoms with E-state index in [-0.39, 0.29) is 5.97 Å². The van der Waals surface area contributed by atoms with Crippen LogP contribution >= 0.6 is 0 Å². The van der Waals surface area contributed by atoms with E-state index in [0.717, 1.165) is 5.69 Å². The minimum absolute atomic E-state index is 0.389. The molecule has 0 aliphatic rings. The standard InChI is InChI=1S/C17H17N3O2/c1-12-6-8-14(9-7-12)20-16(19-10-4-5-11-19)15(13(2)18-20)17(21)22-3/h4-11H,1-3H3. The number of methoxy groups -OCH3 is 1. The number of esters is 1. The predicted molar refractivity (Wildman–Crippen MR) is 83.7 cm³/mol. The molecule has 0 aliphatic carbocycles. The second-order valence-electron chi connectivity index (χ2n) is 5.11. The summed E-state index contributed by atoms with van der Waals surface area (Å²) in [5.74, 6) is 0.290. The Labute approximate surface area is 128 Å². The summed E-state index contributed by atoms with van der Waals surface area (Å²) in [6, 6.07) is 11.8. The summed E-state index contributed by atoms with van der Waals surface area (Å²) in [6.07, 6.45) is 3.77. The van der Waals surface area contributed by atoms with E-state index < -0.39 is 0 Å². The highest BCUT2D eigenvalue weighted by molar-refractivity contribution is 5.94. The van der Waals surface area contributed by atoms with Gasteiger partial charge in [-0.2, -0.15) is 5.10 Å². The Morgan fingerprint density at radius 2 is 1.73 bits per heavy atom. The fraction of sp³-hybridized carbons (Fsp3) is 0.176. The molecule has 5 nitrogen and oxygen atoms in total. The van der Waals surface area contributed by atoms with Gasteiger partial charge in [0.05, 0.1) is 18.5 Å². The fourth-order valence-corrected chi connectivity index (χ4v) is 2.44. The van der Waals surface area contributed by atoms with Crippen LogP contribution in [-0.4, -0.2) is 27.4 Å². The summed E-state index contributed by atoms with van der Waals surface area (Å²) in [4.78, 5) is 12.2. The third kappa shape index (κ3) is 2.30. The molecule has 3 aromatic rings. The van der Waals surface area contributed by atoms with E-state index in [1.165, 1.54) is 12.7 Å². The predicted octanol–water partition coefficient (Wildman–Crippen LogP) is 3.07. The second-order valence-corrected chi connectivity index (χ2v) is 5.11. The Bertz CT molecular complexity index is 799. The lowest BCUT2D eigenvalue weighted by molar-refractivity contribution is 0.0600. The first-order valence-electron chi connectivity index (χ1n) is 7.00. The van der Waals surface area contributed by atoms with Gasteiger partial charge in [0.15, 0.2) is 5.82 Å². The van der Waals surface area contributed by atoms with Gasteiger partial charge in [0.25, 0.3) is 0 Å². The number of carbonyl (C=O) groups excluding carboxylic acids is 1. The molecule has 5 heteroatoms. The van der Waals surface area contributed by atoms with Crippen molar-refractivity contribution in [3.8, 4) is 11.5 Å². The minimum atomic E-state index is -0.389. The monoisotopic (exact) mass is 295 g/mol. The van der Waals surface area contributed by atoms with Crippen LogP contribution in [0.15, 0.2) is 48.8 Å². The Kier molecular flexibility index (Phi) is 3.55. The molecule has 112 valence electrons. The molecule has 0 saturated carbocycles. The normalized spacial score (nSPS) is 10.7. The molecule has 0 bridgehead atoms. The number of hydrogen-bond acceptors (Lipinski definition) is 3. The number of nitrogens with zero attached hydrogens (tertiary/aromatic N) is 3. The van der Waals surface area contributed by atoms with Gasteiger partial charge in [-0.25, -0.2) is 9.48 Å². The van der Waals surface area contributed by atoms with Crippen molar-refractivity contribution >= 4 is 5.97 Å². The number of hydrogen-bond donors (Lipinski definition) is 0. The first kappa shape index (κ1) is 14.1. The lowest BCUT2D eigenvalue weighted by atomic mass is 10.2. The van der Waals surface area contributed by atoms with Gasteiger partial charge in [0.1, 0.15) is 5.56 Å². The lowest BCUT2D eigenvalue weighted by Gasteiger charge is -2.10. The molecule has 0 saturated heterocycles. The van der Waals surface area contributed by atoms with Crippen molar-refractivity contribution in [3.63, 3.8) is 0 Å². The van der Waals surface area contributed by atoms with Crippen LogP contribution in [-0.2, 0) is 4.74 Å². The van der Waals surface area contributed by atoms with Crippen molar-refractivity contribution in [3.05, 3.63) is 65.6 Å². The zero-order valence-corrected chi connectivity index (χ0v) is 12.8. The highest BCUT2D eigenvalue weighted by Crippen LogP contribution is 2.23. The smallest absolute Gasteiger partial charge is 0.343 e. The topological polar surface area (TPSA) is 49.0 Å². The Hall–Kier alpha value is -2.82. The van der Waals surface area contributed by atoms with Gasteiger partial charge in [-0.05, 0) is 38.1 Å². The van der Waals surface area contributed by atoms with Crippen LogP contribution in [0.4, 0.5) is 0 Å². The molecule has 0 spiro atoms. The first-order chi connectivity index (χ1) is 10.6. The Morgan fingerprint density at radius 3 is 2.32 bits per heavy atom. The molecule has 1 aromatic carbocycles. The van der Waals surface area contributed by atoms with Gasteiger partial charge >= 0.3 is 5.97 Å². The molecule has 22 heavy (non-hydrogen) atoms. The molecule has 2 heterocycles. The molecule has 0 amide bonds. The Balaban J connectivity index is 2.27. The molecule has 3 rings (SSSR count). The second kappa shape index (κ2) is 5.52. The first-order valence-corrected chi connectivity index (χ1v) is 7.00. The number of aromatic nitrogens is 3. The third-order valence-corrected chi connectivity index (χ3v) is 3.55. The zero-order valence-electron chi connectivity index (χ0n) is 12.8. The van der Waals surface area contributed by atoms with E-state index in [2.05, 4.69) is 5.10 Å². The fourth-order valence-electron chi connectivity index (χ4n) is 2.44. The Morgan fingerprint density at radius 1 is 1.09 bits per heavy atom. The molecule has 0 fully saturated rings. The van der Waals surface area contributed by atoms with E-state index in [9.17, 15) is 4.79 Å². The van der Waals surface area contributed by atoms with Crippen LogP contribution in [0.25, 0.3) is 11.5 Å². The van der Waals surface area contributed by atoms with E-state index in [1.54, 1.807) is 4.68 Å². The quantitative estimate of drug-likeness (QED) is 0.698. The van der Waals surface area contributed by atoms with Crippen LogP contribution in [0.3, 0.4) is 0 Å². The molecule has 0 atom stereocenters. The number of rotatable bonds is 3. The average molecular weight is 295 g/mol. The van der Waals surface area contributed by atoms with Crippen molar-refractivity contribution < 1.29 is 9.53 Å². The van der Waals surface area contributed by atoms with E-state index in [1.807, 2.05) is 67.2 Å². The van der Waals surface area contributed by atoms with Gasteiger partial charge in [-0.3, -0.25) is 0 Å². The molecule has 0 radical (unpaired) electrons. The molecule has 0 aliphatic heterocycles. The van der Waals surface area contributed by atoms with Gasteiger partial charge in [-0.1, -0.05) is 17.7 Å². The third-order valence-electron chi connectivity index (χ3n) is 3.55. The highest BCUT2D eigenvalue weighted by Gasteiger charge is 2.24. The number of ether oxygens (including phenoxy) is 1.